The lowest BCUT2D eigenvalue weighted by atomic mass is 10.3. The number of nitrogens with zero attached hydrogens (tertiary/aromatic N) is 2. The largest absolute Gasteiger partial charge is 0.354 e. The van der Waals surface area contributed by atoms with Gasteiger partial charge in [-0.1, -0.05) is 30.1 Å². The van der Waals surface area contributed by atoms with E-state index in [2.05, 4.69) is 20.6 Å². The Morgan fingerprint density at radius 1 is 1.25 bits per heavy atom. The van der Waals surface area contributed by atoms with E-state index in [4.69, 9.17) is 23.2 Å². The van der Waals surface area contributed by atoms with Crippen molar-refractivity contribution in [2.45, 2.75) is 13.3 Å². The molecule has 106 valence electrons. The topological polar surface area (TPSA) is 49.8 Å². The van der Waals surface area contributed by atoms with Crippen molar-refractivity contribution in [1.82, 2.24) is 9.97 Å². The summed E-state index contributed by atoms with van der Waals surface area (Å²) in [6.07, 6.45) is 2.04. The smallest absolute Gasteiger partial charge is 0.224 e. The highest BCUT2D eigenvalue weighted by atomic mass is 35.5. The summed E-state index contributed by atoms with van der Waals surface area (Å²) in [5.74, 6) is -0.0917. The summed E-state index contributed by atoms with van der Waals surface area (Å²) in [7, 11) is 0. The molecule has 0 radical (unpaired) electrons. The molecule has 20 heavy (non-hydrogen) atoms. The van der Waals surface area contributed by atoms with Gasteiger partial charge < -0.3 is 10.6 Å². The van der Waals surface area contributed by atoms with Crippen molar-refractivity contribution < 1.29 is 4.39 Å². The average Bonchev–Trinajstić information content (AvgIpc) is 2.44. The van der Waals surface area contributed by atoms with Gasteiger partial charge >= 0.3 is 0 Å². The van der Waals surface area contributed by atoms with E-state index >= 15 is 0 Å². The van der Waals surface area contributed by atoms with E-state index in [0.29, 0.717) is 21.7 Å². The van der Waals surface area contributed by atoms with Crippen LogP contribution in [0.25, 0.3) is 0 Å². The maximum Gasteiger partial charge on any atom is 0.224 e. The number of halogens is 3. The lowest BCUT2D eigenvalue weighted by Crippen LogP contribution is -2.07. The molecule has 0 aliphatic heterocycles. The van der Waals surface area contributed by atoms with Gasteiger partial charge in [0.05, 0.1) is 16.2 Å². The highest BCUT2D eigenvalue weighted by Gasteiger charge is 2.08. The molecule has 0 atom stereocenters. The minimum atomic E-state index is -0.543. The third-order valence-corrected chi connectivity index (χ3v) is 3.20. The minimum Gasteiger partial charge on any atom is -0.354 e. The molecule has 0 aliphatic rings. The van der Waals surface area contributed by atoms with E-state index in [1.165, 1.54) is 0 Å². The van der Waals surface area contributed by atoms with E-state index < -0.39 is 5.82 Å². The Morgan fingerprint density at radius 3 is 2.75 bits per heavy atom. The van der Waals surface area contributed by atoms with Gasteiger partial charge in [-0.25, -0.2) is 9.37 Å². The highest BCUT2D eigenvalue weighted by molar-refractivity contribution is 6.42. The number of hydrogen-bond donors (Lipinski definition) is 2. The fourth-order valence-electron chi connectivity index (χ4n) is 1.49. The van der Waals surface area contributed by atoms with Gasteiger partial charge in [-0.3, -0.25) is 0 Å². The molecule has 1 aromatic heterocycles. The van der Waals surface area contributed by atoms with Crippen LogP contribution in [-0.4, -0.2) is 16.5 Å². The Kier molecular flexibility index (Phi) is 4.98. The van der Waals surface area contributed by atoms with Crippen LogP contribution in [0.4, 0.5) is 21.8 Å². The van der Waals surface area contributed by atoms with Crippen molar-refractivity contribution in [2.24, 2.45) is 0 Å². The first-order chi connectivity index (χ1) is 9.60. The molecule has 0 saturated carbocycles. The molecule has 0 amide bonds. The van der Waals surface area contributed by atoms with Crippen molar-refractivity contribution >= 4 is 40.7 Å². The predicted molar refractivity (Wildman–Crippen MR) is 80.5 cm³/mol. The second kappa shape index (κ2) is 6.72. The van der Waals surface area contributed by atoms with Crippen LogP contribution in [0.3, 0.4) is 0 Å². The SMILES string of the molecule is CCCNc1ncc(F)c(Nc2ccc(Cl)c(Cl)c2)n1. The summed E-state index contributed by atoms with van der Waals surface area (Å²) in [4.78, 5) is 7.94. The van der Waals surface area contributed by atoms with E-state index in [1.54, 1.807) is 18.2 Å². The third-order valence-electron chi connectivity index (χ3n) is 2.46. The summed E-state index contributed by atoms with van der Waals surface area (Å²) in [6.45, 7) is 2.74. The fourth-order valence-corrected chi connectivity index (χ4v) is 1.79. The van der Waals surface area contributed by atoms with Crippen molar-refractivity contribution in [3.05, 3.63) is 40.3 Å². The Bertz CT molecular complexity index is 607. The van der Waals surface area contributed by atoms with Crippen LogP contribution >= 0.6 is 23.2 Å². The number of aromatic nitrogens is 2. The zero-order valence-corrected chi connectivity index (χ0v) is 12.3. The van der Waals surface area contributed by atoms with Gasteiger partial charge in [-0.15, -0.1) is 0 Å². The van der Waals surface area contributed by atoms with E-state index in [-0.39, 0.29) is 5.82 Å². The van der Waals surface area contributed by atoms with E-state index in [0.717, 1.165) is 19.2 Å². The van der Waals surface area contributed by atoms with Crippen molar-refractivity contribution in [2.75, 3.05) is 17.2 Å². The number of rotatable bonds is 5. The standard InChI is InChI=1S/C13H13Cl2FN4/c1-2-5-17-13-18-7-11(16)12(20-13)19-8-3-4-9(14)10(15)6-8/h3-4,6-7H,2,5H2,1H3,(H2,17,18,19,20). The molecule has 1 aromatic carbocycles. The van der Waals surface area contributed by atoms with Crippen molar-refractivity contribution in [3.8, 4) is 0 Å². The number of benzene rings is 1. The molecule has 0 saturated heterocycles. The van der Waals surface area contributed by atoms with E-state index in [9.17, 15) is 4.39 Å². The average molecular weight is 315 g/mol. The summed E-state index contributed by atoms with van der Waals surface area (Å²) in [5, 5.41) is 6.66. The molecular formula is C13H13Cl2FN4. The monoisotopic (exact) mass is 314 g/mol. The summed E-state index contributed by atoms with van der Waals surface area (Å²) in [5.41, 5.74) is 0.596. The van der Waals surface area contributed by atoms with Crippen LogP contribution in [0.1, 0.15) is 13.3 Å². The van der Waals surface area contributed by atoms with Gasteiger partial charge in [-0.05, 0) is 24.6 Å². The first-order valence-electron chi connectivity index (χ1n) is 6.08. The van der Waals surface area contributed by atoms with Gasteiger partial charge in [0.2, 0.25) is 5.95 Å². The molecule has 0 fully saturated rings. The Hall–Kier alpha value is -1.59. The molecule has 2 N–H and O–H groups in total. The van der Waals surface area contributed by atoms with Gasteiger partial charge in [0.15, 0.2) is 11.6 Å². The normalized spacial score (nSPS) is 10.4. The van der Waals surface area contributed by atoms with Crippen LogP contribution in [0.5, 0.6) is 0 Å². The predicted octanol–water partition coefficient (Wildman–Crippen LogP) is 4.49. The highest BCUT2D eigenvalue weighted by Crippen LogP contribution is 2.27. The van der Waals surface area contributed by atoms with Crippen LogP contribution in [0.2, 0.25) is 10.0 Å². The molecule has 2 aromatic rings. The molecular weight excluding hydrogens is 302 g/mol. The Morgan fingerprint density at radius 2 is 2.05 bits per heavy atom. The number of anilines is 3. The third kappa shape index (κ3) is 3.71. The molecule has 0 bridgehead atoms. The lowest BCUT2D eigenvalue weighted by Gasteiger charge is -2.09. The Balaban J connectivity index is 2.20. The Labute approximate surface area is 126 Å². The van der Waals surface area contributed by atoms with Crippen molar-refractivity contribution in [3.63, 3.8) is 0 Å². The summed E-state index contributed by atoms with van der Waals surface area (Å²) >= 11 is 11.7. The maximum absolute atomic E-state index is 13.7. The molecule has 2 rings (SSSR count). The summed E-state index contributed by atoms with van der Waals surface area (Å²) in [6, 6.07) is 4.92. The van der Waals surface area contributed by atoms with Gasteiger partial charge in [0, 0.05) is 12.2 Å². The zero-order valence-electron chi connectivity index (χ0n) is 10.8. The van der Waals surface area contributed by atoms with Crippen LogP contribution in [0.15, 0.2) is 24.4 Å². The molecule has 0 spiro atoms. The van der Waals surface area contributed by atoms with Crippen LogP contribution in [0, 0.1) is 5.82 Å². The van der Waals surface area contributed by atoms with E-state index in [1.807, 2.05) is 6.92 Å². The van der Waals surface area contributed by atoms with Crippen LogP contribution in [-0.2, 0) is 0 Å². The molecule has 7 heteroatoms. The van der Waals surface area contributed by atoms with Gasteiger partial charge in [0.25, 0.3) is 0 Å². The number of hydrogen-bond acceptors (Lipinski definition) is 4. The molecule has 4 nitrogen and oxygen atoms in total. The van der Waals surface area contributed by atoms with Gasteiger partial charge in [0.1, 0.15) is 0 Å². The second-order valence-electron chi connectivity index (χ2n) is 4.07. The summed E-state index contributed by atoms with van der Waals surface area (Å²) < 4.78 is 13.7. The fraction of sp³-hybridized carbons (Fsp3) is 0.231. The minimum absolute atomic E-state index is 0.0805. The lowest BCUT2D eigenvalue weighted by molar-refractivity contribution is 0.619. The maximum atomic E-state index is 13.7. The zero-order chi connectivity index (χ0) is 14.5. The molecule has 1 heterocycles. The molecule has 0 aliphatic carbocycles. The first kappa shape index (κ1) is 14.8. The molecule has 0 unspecified atom stereocenters. The van der Waals surface area contributed by atoms with Gasteiger partial charge in [-0.2, -0.15) is 4.98 Å². The first-order valence-corrected chi connectivity index (χ1v) is 6.84. The van der Waals surface area contributed by atoms with Crippen LogP contribution < -0.4 is 10.6 Å². The number of nitrogens with one attached hydrogen (secondary N) is 2. The quantitative estimate of drug-likeness (QED) is 0.853. The second-order valence-corrected chi connectivity index (χ2v) is 4.89. The van der Waals surface area contributed by atoms with Crippen molar-refractivity contribution in [1.29, 1.82) is 0 Å².